The van der Waals surface area contributed by atoms with E-state index in [1.807, 2.05) is 20.2 Å². The minimum absolute atomic E-state index is 0.0581. The first kappa shape index (κ1) is 21.7. The van der Waals surface area contributed by atoms with E-state index in [0.29, 0.717) is 43.4 Å². The molecule has 1 amide bonds. The third-order valence-corrected chi connectivity index (χ3v) is 5.61. The number of anilines is 1. The molecule has 4 N–H and O–H groups in total. The largest absolute Gasteiger partial charge is 0.489 e. The van der Waals surface area contributed by atoms with Gasteiger partial charge in [0.05, 0.1) is 24.9 Å². The van der Waals surface area contributed by atoms with Gasteiger partial charge in [-0.05, 0) is 45.6 Å². The minimum atomic E-state index is -0.432. The van der Waals surface area contributed by atoms with Crippen LogP contribution in [0.3, 0.4) is 0 Å². The Labute approximate surface area is 172 Å². The van der Waals surface area contributed by atoms with E-state index in [0.717, 1.165) is 44.6 Å². The number of likely N-dealkylation sites (tertiary alicyclic amines) is 1. The van der Waals surface area contributed by atoms with Gasteiger partial charge in [-0.15, -0.1) is 0 Å². The van der Waals surface area contributed by atoms with E-state index in [4.69, 9.17) is 9.47 Å². The SMILES string of the molecule is CNCCCN1CC[C@@H](CNC(=O)c2cc(NC)cc3c2OCCCO3)[C@H](O)C1. The maximum absolute atomic E-state index is 12.9. The maximum atomic E-state index is 12.9. The van der Waals surface area contributed by atoms with Gasteiger partial charge in [0.1, 0.15) is 0 Å². The lowest BCUT2D eigenvalue weighted by molar-refractivity contribution is 0.0218. The quantitative estimate of drug-likeness (QED) is 0.477. The van der Waals surface area contributed by atoms with Crippen molar-refractivity contribution in [1.29, 1.82) is 0 Å². The molecule has 8 heteroatoms. The molecule has 2 heterocycles. The molecule has 0 saturated carbocycles. The summed E-state index contributed by atoms with van der Waals surface area (Å²) in [6.07, 6.45) is 2.29. The molecule has 3 rings (SSSR count). The number of carbonyl (C=O) groups is 1. The molecule has 2 aliphatic heterocycles. The van der Waals surface area contributed by atoms with E-state index < -0.39 is 6.10 Å². The summed E-state index contributed by atoms with van der Waals surface area (Å²) >= 11 is 0. The van der Waals surface area contributed by atoms with Gasteiger partial charge in [0.2, 0.25) is 0 Å². The number of hydrogen-bond acceptors (Lipinski definition) is 7. The van der Waals surface area contributed by atoms with Crippen LogP contribution >= 0.6 is 0 Å². The van der Waals surface area contributed by atoms with Crippen molar-refractivity contribution in [3.63, 3.8) is 0 Å². The van der Waals surface area contributed by atoms with Crippen LogP contribution in [-0.4, -0.2) is 82.1 Å². The Morgan fingerprint density at radius 2 is 2.10 bits per heavy atom. The van der Waals surface area contributed by atoms with Gasteiger partial charge in [-0.25, -0.2) is 0 Å². The number of benzene rings is 1. The Kier molecular flexibility index (Phi) is 7.97. The number of amides is 1. The van der Waals surface area contributed by atoms with Gasteiger partial charge in [0, 0.05) is 44.2 Å². The van der Waals surface area contributed by atoms with Gasteiger partial charge < -0.3 is 35.4 Å². The molecule has 0 radical (unpaired) electrons. The summed E-state index contributed by atoms with van der Waals surface area (Å²) in [6, 6.07) is 3.63. The summed E-state index contributed by atoms with van der Waals surface area (Å²) in [5.74, 6) is 0.948. The standard InChI is InChI=1S/C21H34N4O4/c1-22-6-3-7-25-8-5-15(18(26)14-25)13-24-21(27)17-11-16(23-2)12-19-20(17)29-10-4-9-28-19/h11-12,15,18,22-23,26H,3-10,13-14H2,1-2H3,(H,24,27)/t15-,18+/m0/s1. The molecule has 1 aromatic rings. The number of ether oxygens (including phenoxy) is 2. The van der Waals surface area contributed by atoms with Crippen molar-refractivity contribution in [2.75, 3.05) is 65.3 Å². The number of hydrogen-bond donors (Lipinski definition) is 4. The Morgan fingerprint density at radius 3 is 2.86 bits per heavy atom. The topological polar surface area (TPSA) is 95.1 Å². The fraction of sp³-hybridized carbons (Fsp3) is 0.667. The van der Waals surface area contributed by atoms with Gasteiger partial charge in [-0.3, -0.25) is 4.79 Å². The Balaban J connectivity index is 1.58. The summed E-state index contributed by atoms with van der Waals surface area (Å²) in [6.45, 7) is 5.11. The number of fused-ring (bicyclic) bond motifs is 1. The maximum Gasteiger partial charge on any atom is 0.255 e. The molecular weight excluding hydrogens is 372 g/mol. The molecule has 0 aliphatic carbocycles. The van der Waals surface area contributed by atoms with Crippen LogP contribution in [0.1, 0.15) is 29.6 Å². The average Bonchev–Trinajstić information content (AvgIpc) is 2.97. The van der Waals surface area contributed by atoms with Crippen molar-refractivity contribution < 1.29 is 19.4 Å². The molecule has 0 bridgehead atoms. The highest BCUT2D eigenvalue weighted by atomic mass is 16.5. The molecule has 1 saturated heterocycles. The van der Waals surface area contributed by atoms with Crippen LogP contribution in [0.15, 0.2) is 12.1 Å². The lowest BCUT2D eigenvalue weighted by Crippen LogP contribution is -2.48. The molecule has 1 aromatic carbocycles. The average molecular weight is 407 g/mol. The zero-order valence-electron chi connectivity index (χ0n) is 17.5. The van der Waals surface area contributed by atoms with Crippen molar-refractivity contribution in [1.82, 2.24) is 15.5 Å². The molecule has 0 spiro atoms. The molecule has 162 valence electrons. The van der Waals surface area contributed by atoms with Crippen LogP contribution in [-0.2, 0) is 0 Å². The first-order chi connectivity index (χ1) is 14.1. The zero-order chi connectivity index (χ0) is 20.6. The van der Waals surface area contributed by atoms with Crippen LogP contribution in [0.5, 0.6) is 11.5 Å². The highest BCUT2D eigenvalue weighted by Gasteiger charge is 2.28. The van der Waals surface area contributed by atoms with E-state index in [9.17, 15) is 9.90 Å². The highest BCUT2D eigenvalue weighted by molar-refractivity contribution is 5.99. The van der Waals surface area contributed by atoms with E-state index in [1.54, 1.807) is 6.07 Å². The first-order valence-electron chi connectivity index (χ1n) is 10.6. The second-order valence-electron chi connectivity index (χ2n) is 7.74. The number of nitrogens with one attached hydrogen (secondary N) is 3. The van der Waals surface area contributed by atoms with Crippen molar-refractivity contribution >= 4 is 11.6 Å². The van der Waals surface area contributed by atoms with Crippen LogP contribution in [0.25, 0.3) is 0 Å². The van der Waals surface area contributed by atoms with Gasteiger partial charge >= 0.3 is 0 Å². The second kappa shape index (κ2) is 10.7. The second-order valence-corrected chi connectivity index (χ2v) is 7.74. The molecule has 29 heavy (non-hydrogen) atoms. The van der Waals surface area contributed by atoms with E-state index >= 15 is 0 Å². The number of β-amino-alcohol motifs (C(OH)–C–C–N with tert-alkyl or cyclic N) is 1. The normalized spacial score (nSPS) is 22.0. The molecular formula is C21H34N4O4. The first-order valence-corrected chi connectivity index (χ1v) is 10.6. The number of carbonyl (C=O) groups excluding carboxylic acids is 1. The fourth-order valence-corrected chi connectivity index (χ4v) is 3.87. The van der Waals surface area contributed by atoms with Crippen molar-refractivity contribution in [2.24, 2.45) is 5.92 Å². The van der Waals surface area contributed by atoms with E-state index in [2.05, 4.69) is 20.9 Å². The summed E-state index contributed by atoms with van der Waals surface area (Å²) < 4.78 is 11.5. The van der Waals surface area contributed by atoms with Crippen molar-refractivity contribution in [3.8, 4) is 11.5 Å². The number of rotatable bonds is 8. The van der Waals surface area contributed by atoms with Crippen molar-refractivity contribution in [2.45, 2.75) is 25.4 Å². The smallest absolute Gasteiger partial charge is 0.255 e. The van der Waals surface area contributed by atoms with Gasteiger partial charge in [-0.1, -0.05) is 0 Å². The lowest BCUT2D eigenvalue weighted by atomic mass is 9.93. The Bertz CT molecular complexity index is 685. The van der Waals surface area contributed by atoms with Crippen LogP contribution in [0.2, 0.25) is 0 Å². The Hall–Kier alpha value is -2.03. The third-order valence-electron chi connectivity index (χ3n) is 5.61. The fourth-order valence-electron chi connectivity index (χ4n) is 3.87. The zero-order valence-corrected chi connectivity index (χ0v) is 17.5. The molecule has 8 nitrogen and oxygen atoms in total. The van der Waals surface area contributed by atoms with Crippen LogP contribution in [0, 0.1) is 5.92 Å². The Morgan fingerprint density at radius 1 is 1.28 bits per heavy atom. The van der Waals surface area contributed by atoms with Gasteiger partial charge in [-0.2, -0.15) is 0 Å². The third kappa shape index (κ3) is 5.74. The summed E-state index contributed by atoms with van der Waals surface area (Å²) in [7, 11) is 3.76. The van der Waals surface area contributed by atoms with Gasteiger partial charge in [0.15, 0.2) is 11.5 Å². The predicted molar refractivity (Wildman–Crippen MR) is 113 cm³/mol. The summed E-state index contributed by atoms with van der Waals surface area (Å²) in [5.41, 5.74) is 1.27. The van der Waals surface area contributed by atoms with Crippen LogP contribution < -0.4 is 25.4 Å². The molecule has 1 fully saturated rings. The number of aliphatic hydroxyl groups is 1. The monoisotopic (exact) mass is 406 g/mol. The molecule has 0 aromatic heterocycles. The molecule has 0 unspecified atom stereocenters. The van der Waals surface area contributed by atoms with Gasteiger partial charge in [0.25, 0.3) is 5.91 Å². The predicted octanol–water partition coefficient (Wildman–Crippen LogP) is 0.912. The molecule has 2 aliphatic rings. The van der Waals surface area contributed by atoms with Crippen molar-refractivity contribution in [3.05, 3.63) is 17.7 Å². The molecule has 2 atom stereocenters. The van der Waals surface area contributed by atoms with Crippen LogP contribution in [0.4, 0.5) is 5.69 Å². The number of piperidine rings is 1. The van der Waals surface area contributed by atoms with E-state index in [1.165, 1.54) is 0 Å². The summed E-state index contributed by atoms with van der Waals surface area (Å²) in [5, 5.41) is 19.7. The number of nitrogens with zero attached hydrogens (tertiary/aromatic N) is 1. The lowest BCUT2D eigenvalue weighted by Gasteiger charge is -2.36. The minimum Gasteiger partial charge on any atom is -0.489 e. The van der Waals surface area contributed by atoms with E-state index in [-0.39, 0.29) is 11.8 Å². The summed E-state index contributed by atoms with van der Waals surface area (Å²) in [4.78, 5) is 15.2. The number of aliphatic hydroxyl groups excluding tert-OH is 1. The highest BCUT2D eigenvalue weighted by Crippen LogP contribution is 2.36.